The first-order chi connectivity index (χ1) is 12.4. The minimum absolute atomic E-state index is 0.0699. The van der Waals surface area contributed by atoms with E-state index in [0.717, 1.165) is 15.4 Å². The molecule has 0 bridgehead atoms. The van der Waals surface area contributed by atoms with E-state index in [4.69, 9.17) is 23.2 Å². The summed E-state index contributed by atoms with van der Waals surface area (Å²) in [5.74, 6) is -0.412. The zero-order valence-corrected chi connectivity index (χ0v) is 16.7. The molecule has 0 aliphatic heterocycles. The number of benzene rings is 1. The Morgan fingerprint density at radius 3 is 2.73 bits per heavy atom. The largest absolute Gasteiger partial charge is 0.351 e. The molecule has 3 rings (SSSR count). The molecule has 0 fully saturated rings. The van der Waals surface area contributed by atoms with E-state index in [-0.39, 0.29) is 16.8 Å². The fourth-order valence-electron chi connectivity index (χ4n) is 2.10. The topological polar surface area (TPSA) is 71.1 Å². The number of hydrogen-bond donors (Lipinski definition) is 2. The minimum atomic E-state index is -0.343. The Morgan fingerprint density at radius 1 is 1.19 bits per heavy atom. The molecule has 9 heteroatoms. The Bertz CT molecular complexity index is 969. The van der Waals surface area contributed by atoms with Crippen molar-refractivity contribution in [2.75, 3.05) is 5.32 Å². The number of thiophene rings is 1. The Hall–Kier alpha value is -1.93. The number of carbonyl (C=O) groups is 2. The summed E-state index contributed by atoms with van der Waals surface area (Å²) >= 11 is 14.8. The maximum Gasteiger partial charge on any atom is 0.258 e. The van der Waals surface area contributed by atoms with Gasteiger partial charge in [-0.05, 0) is 30.3 Å². The van der Waals surface area contributed by atoms with Gasteiger partial charge in [-0.25, -0.2) is 4.98 Å². The number of nitrogens with zero attached hydrogens (tertiary/aromatic N) is 1. The van der Waals surface area contributed by atoms with Gasteiger partial charge in [0, 0.05) is 22.2 Å². The molecule has 134 valence electrons. The Morgan fingerprint density at radius 2 is 2.00 bits per heavy atom. The molecule has 5 nitrogen and oxygen atoms in total. The summed E-state index contributed by atoms with van der Waals surface area (Å²) in [5, 5.41) is 8.61. The van der Waals surface area contributed by atoms with E-state index in [1.165, 1.54) is 24.3 Å². The van der Waals surface area contributed by atoms with Crippen molar-refractivity contribution < 1.29 is 9.59 Å². The molecule has 2 amide bonds. The summed E-state index contributed by atoms with van der Waals surface area (Å²) in [6.45, 7) is 1.97. The molecule has 0 spiro atoms. The lowest BCUT2D eigenvalue weighted by Crippen LogP contribution is -2.17. The van der Waals surface area contributed by atoms with Gasteiger partial charge in [-0.1, -0.05) is 23.2 Å². The number of halogens is 2. The monoisotopic (exact) mass is 425 g/mol. The molecule has 1 aromatic carbocycles. The van der Waals surface area contributed by atoms with E-state index < -0.39 is 0 Å². The smallest absolute Gasteiger partial charge is 0.258 e. The highest BCUT2D eigenvalue weighted by Crippen LogP contribution is 2.31. The maximum atomic E-state index is 12.3. The first kappa shape index (κ1) is 18.8. The predicted molar refractivity (Wildman–Crippen MR) is 107 cm³/mol. The molecule has 0 unspecified atom stereocenters. The van der Waals surface area contributed by atoms with E-state index in [1.807, 2.05) is 17.5 Å². The zero-order chi connectivity index (χ0) is 18.7. The van der Waals surface area contributed by atoms with Gasteiger partial charge >= 0.3 is 0 Å². The molecule has 26 heavy (non-hydrogen) atoms. The van der Waals surface area contributed by atoms with Crippen molar-refractivity contribution in [3.8, 4) is 10.6 Å². The SMILES string of the molecule is CC(=O)NCc1ccc(-c2csc(NC(=O)c3ccc(Cl)cc3Cl)n2)s1. The van der Waals surface area contributed by atoms with Crippen molar-refractivity contribution in [2.24, 2.45) is 0 Å². The van der Waals surface area contributed by atoms with Gasteiger partial charge in [-0.3, -0.25) is 14.9 Å². The number of rotatable bonds is 5. The van der Waals surface area contributed by atoms with Gasteiger partial charge in [-0.2, -0.15) is 0 Å². The van der Waals surface area contributed by atoms with Gasteiger partial charge in [0.25, 0.3) is 5.91 Å². The molecule has 0 aliphatic carbocycles. The van der Waals surface area contributed by atoms with Crippen LogP contribution >= 0.6 is 45.9 Å². The van der Waals surface area contributed by atoms with Crippen LogP contribution in [0.1, 0.15) is 22.2 Å². The van der Waals surface area contributed by atoms with Crippen LogP contribution in [0.25, 0.3) is 10.6 Å². The van der Waals surface area contributed by atoms with Gasteiger partial charge in [-0.15, -0.1) is 22.7 Å². The van der Waals surface area contributed by atoms with Crippen molar-refractivity contribution in [1.29, 1.82) is 0 Å². The first-order valence-electron chi connectivity index (χ1n) is 7.48. The van der Waals surface area contributed by atoms with E-state index in [1.54, 1.807) is 23.5 Å². The highest BCUT2D eigenvalue weighted by molar-refractivity contribution is 7.17. The molecular weight excluding hydrogens is 413 g/mol. The predicted octanol–water partition coefficient (Wildman–Crippen LogP) is 5.07. The summed E-state index contributed by atoms with van der Waals surface area (Å²) in [4.78, 5) is 29.8. The molecule has 2 heterocycles. The van der Waals surface area contributed by atoms with E-state index in [9.17, 15) is 9.59 Å². The summed E-state index contributed by atoms with van der Waals surface area (Å²) in [6, 6.07) is 8.59. The average molecular weight is 426 g/mol. The van der Waals surface area contributed by atoms with Crippen LogP contribution in [0.4, 0.5) is 5.13 Å². The molecule has 0 saturated heterocycles. The van der Waals surface area contributed by atoms with Crippen LogP contribution in [-0.4, -0.2) is 16.8 Å². The number of thiazole rings is 1. The second kappa shape index (κ2) is 8.18. The van der Waals surface area contributed by atoms with Crippen molar-refractivity contribution >= 4 is 62.8 Å². The average Bonchev–Trinajstić information content (AvgIpc) is 3.21. The third-order valence-electron chi connectivity index (χ3n) is 3.33. The van der Waals surface area contributed by atoms with Crippen LogP contribution in [0.3, 0.4) is 0 Å². The second-order valence-electron chi connectivity index (χ2n) is 5.29. The molecule has 0 radical (unpaired) electrons. The van der Waals surface area contributed by atoms with Crippen molar-refractivity contribution in [1.82, 2.24) is 10.3 Å². The zero-order valence-electron chi connectivity index (χ0n) is 13.5. The number of amides is 2. The Kier molecular flexibility index (Phi) is 5.93. The quantitative estimate of drug-likeness (QED) is 0.599. The van der Waals surface area contributed by atoms with Crippen molar-refractivity contribution in [3.05, 3.63) is 56.2 Å². The summed E-state index contributed by atoms with van der Waals surface area (Å²) in [7, 11) is 0. The third-order valence-corrected chi connectivity index (χ3v) is 5.74. The minimum Gasteiger partial charge on any atom is -0.351 e. The van der Waals surface area contributed by atoms with Gasteiger partial charge in [0.2, 0.25) is 5.91 Å². The number of aromatic nitrogens is 1. The molecular formula is C17H13Cl2N3O2S2. The fraction of sp³-hybridized carbons (Fsp3) is 0.118. The van der Waals surface area contributed by atoms with Crippen LogP contribution in [0.2, 0.25) is 10.0 Å². The van der Waals surface area contributed by atoms with Crippen LogP contribution in [0.15, 0.2) is 35.7 Å². The van der Waals surface area contributed by atoms with E-state index in [0.29, 0.717) is 22.3 Å². The lowest BCUT2D eigenvalue weighted by Gasteiger charge is -2.04. The first-order valence-corrected chi connectivity index (χ1v) is 9.93. The molecule has 0 atom stereocenters. The maximum absolute atomic E-state index is 12.3. The molecule has 2 aromatic heterocycles. The number of hydrogen-bond acceptors (Lipinski definition) is 5. The highest BCUT2D eigenvalue weighted by Gasteiger charge is 2.14. The van der Waals surface area contributed by atoms with Crippen LogP contribution in [0, 0.1) is 0 Å². The lowest BCUT2D eigenvalue weighted by molar-refractivity contribution is -0.119. The van der Waals surface area contributed by atoms with Crippen LogP contribution in [0.5, 0.6) is 0 Å². The molecule has 0 aliphatic rings. The van der Waals surface area contributed by atoms with Gasteiger partial charge in [0.15, 0.2) is 5.13 Å². The van der Waals surface area contributed by atoms with E-state index >= 15 is 0 Å². The molecule has 3 aromatic rings. The fourth-order valence-corrected chi connectivity index (χ4v) is 4.29. The van der Waals surface area contributed by atoms with Crippen molar-refractivity contribution in [3.63, 3.8) is 0 Å². The van der Waals surface area contributed by atoms with Gasteiger partial charge in [0.1, 0.15) is 0 Å². The lowest BCUT2D eigenvalue weighted by atomic mass is 10.2. The van der Waals surface area contributed by atoms with Gasteiger partial charge in [0.05, 0.1) is 27.7 Å². The number of anilines is 1. The Balaban J connectivity index is 1.70. The third kappa shape index (κ3) is 4.62. The normalized spacial score (nSPS) is 10.6. The standard InChI is InChI=1S/C17H13Cl2N3O2S2/c1-9(23)20-7-11-3-5-15(26-11)14-8-25-17(21-14)22-16(24)12-4-2-10(18)6-13(12)19/h2-6,8H,7H2,1H3,(H,20,23)(H,21,22,24). The van der Waals surface area contributed by atoms with E-state index in [2.05, 4.69) is 15.6 Å². The highest BCUT2D eigenvalue weighted by atomic mass is 35.5. The molecule has 0 saturated carbocycles. The van der Waals surface area contributed by atoms with Crippen LogP contribution in [-0.2, 0) is 11.3 Å². The Labute approximate surface area is 168 Å². The summed E-state index contributed by atoms with van der Waals surface area (Å²) in [5.41, 5.74) is 1.10. The number of carbonyl (C=O) groups excluding carboxylic acids is 2. The number of nitrogens with one attached hydrogen (secondary N) is 2. The van der Waals surface area contributed by atoms with Crippen LogP contribution < -0.4 is 10.6 Å². The summed E-state index contributed by atoms with van der Waals surface area (Å²) < 4.78 is 0. The van der Waals surface area contributed by atoms with Gasteiger partial charge < -0.3 is 5.32 Å². The second-order valence-corrected chi connectivity index (χ2v) is 8.16. The summed E-state index contributed by atoms with van der Waals surface area (Å²) in [6.07, 6.45) is 0. The van der Waals surface area contributed by atoms with Crippen molar-refractivity contribution in [2.45, 2.75) is 13.5 Å². The molecule has 2 N–H and O–H groups in total.